The van der Waals surface area contributed by atoms with E-state index in [1.807, 2.05) is 36.2 Å². The topological polar surface area (TPSA) is 74.8 Å². The van der Waals surface area contributed by atoms with Gasteiger partial charge in [-0.05, 0) is 68.9 Å². The number of hydrogen-bond donors (Lipinski definition) is 1. The summed E-state index contributed by atoms with van der Waals surface area (Å²) < 4.78 is 6.01. The van der Waals surface area contributed by atoms with Crippen LogP contribution in [-0.4, -0.2) is 47.5 Å². The summed E-state index contributed by atoms with van der Waals surface area (Å²) in [6, 6.07) is 10.0. The van der Waals surface area contributed by atoms with Gasteiger partial charge in [-0.1, -0.05) is 18.2 Å². The number of hydrogen-bond acceptors (Lipinski definition) is 5. The van der Waals surface area contributed by atoms with E-state index in [-0.39, 0.29) is 29.9 Å². The van der Waals surface area contributed by atoms with Crippen LogP contribution in [0.2, 0.25) is 0 Å². The van der Waals surface area contributed by atoms with E-state index in [0.29, 0.717) is 19.5 Å². The number of ether oxygens (including phenoxy) is 1. The SMILES string of the molecule is CC(C)OC1CCC(C(=O)N2Cc3cccnc3Nc3ccc(C4=CCN(C)C(=O)C4)cc32)CC1. The van der Waals surface area contributed by atoms with Gasteiger partial charge in [0.05, 0.1) is 36.5 Å². The molecule has 1 fully saturated rings. The molecule has 1 saturated carbocycles. The molecule has 7 heteroatoms. The predicted molar refractivity (Wildman–Crippen MR) is 137 cm³/mol. The third-order valence-electron chi connectivity index (χ3n) is 7.27. The summed E-state index contributed by atoms with van der Waals surface area (Å²) in [5.41, 5.74) is 4.69. The van der Waals surface area contributed by atoms with Crippen LogP contribution in [0.5, 0.6) is 0 Å². The summed E-state index contributed by atoms with van der Waals surface area (Å²) in [6.07, 6.45) is 8.18. The maximum absolute atomic E-state index is 14.0. The first kappa shape index (κ1) is 23.5. The second-order valence-corrected chi connectivity index (χ2v) is 10.1. The number of nitrogens with zero attached hydrogens (tertiary/aromatic N) is 3. The van der Waals surface area contributed by atoms with E-state index < -0.39 is 0 Å². The molecule has 3 aliphatic rings. The van der Waals surface area contributed by atoms with Crippen molar-refractivity contribution in [3.05, 3.63) is 53.7 Å². The second-order valence-electron chi connectivity index (χ2n) is 10.1. The maximum Gasteiger partial charge on any atom is 0.230 e. The Morgan fingerprint density at radius 1 is 1.17 bits per heavy atom. The highest BCUT2D eigenvalue weighted by atomic mass is 16.5. The average molecular weight is 475 g/mol. The molecule has 184 valence electrons. The highest BCUT2D eigenvalue weighted by Gasteiger charge is 2.33. The fraction of sp³-hybridized carbons (Fsp3) is 0.464. The molecule has 2 aromatic rings. The first-order chi connectivity index (χ1) is 16.9. The first-order valence-corrected chi connectivity index (χ1v) is 12.6. The lowest BCUT2D eigenvalue weighted by Crippen LogP contribution is -2.38. The number of anilines is 3. The summed E-state index contributed by atoms with van der Waals surface area (Å²) in [4.78, 5) is 34.5. The molecule has 7 nitrogen and oxygen atoms in total. The van der Waals surface area contributed by atoms with Crippen LogP contribution in [0, 0.1) is 5.92 Å². The van der Waals surface area contributed by atoms with Crippen molar-refractivity contribution >= 4 is 34.6 Å². The molecule has 1 N–H and O–H groups in total. The molecule has 35 heavy (non-hydrogen) atoms. The van der Waals surface area contributed by atoms with Crippen molar-refractivity contribution in [2.75, 3.05) is 23.8 Å². The van der Waals surface area contributed by atoms with Crippen LogP contribution < -0.4 is 10.2 Å². The Labute approximate surface area is 207 Å². The minimum Gasteiger partial charge on any atom is -0.376 e. The highest BCUT2D eigenvalue weighted by molar-refractivity contribution is 6.01. The third-order valence-corrected chi connectivity index (χ3v) is 7.27. The highest BCUT2D eigenvalue weighted by Crippen LogP contribution is 2.40. The molecule has 0 bridgehead atoms. The van der Waals surface area contributed by atoms with E-state index in [9.17, 15) is 9.59 Å². The Morgan fingerprint density at radius 3 is 2.71 bits per heavy atom. The van der Waals surface area contributed by atoms with Crippen molar-refractivity contribution in [3.8, 4) is 0 Å². The molecule has 3 heterocycles. The zero-order valence-electron chi connectivity index (χ0n) is 20.8. The average Bonchev–Trinajstić information content (AvgIpc) is 3.02. The zero-order chi connectivity index (χ0) is 24.5. The van der Waals surface area contributed by atoms with Crippen LogP contribution in [0.25, 0.3) is 5.57 Å². The van der Waals surface area contributed by atoms with E-state index in [4.69, 9.17) is 4.74 Å². The van der Waals surface area contributed by atoms with E-state index in [2.05, 4.69) is 36.3 Å². The molecule has 0 spiro atoms. The fourth-order valence-corrected chi connectivity index (χ4v) is 5.31. The number of pyridine rings is 1. The molecule has 1 aromatic heterocycles. The predicted octanol–water partition coefficient (Wildman–Crippen LogP) is 4.90. The molecule has 0 radical (unpaired) electrons. The van der Waals surface area contributed by atoms with Crippen molar-refractivity contribution < 1.29 is 14.3 Å². The standard InChI is InChI=1S/C28H34N4O3/c1-18(2)35-23-9-6-19(7-10-23)28(34)32-17-22-5-4-13-29-27(22)30-24-11-8-20(15-25(24)32)21-12-14-31(3)26(33)16-21/h4-5,8,11-13,15,18-19,23H,6-7,9-10,14,16-17H2,1-3H3,(H,29,30). The van der Waals surface area contributed by atoms with Crippen molar-refractivity contribution in [1.29, 1.82) is 0 Å². The lowest BCUT2D eigenvalue weighted by atomic mass is 9.86. The van der Waals surface area contributed by atoms with Crippen molar-refractivity contribution in [3.63, 3.8) is 0 Å². The smallest absolute Gasteiger partial charge is 0.230 e. The summed E-state index contributed by atoms with van der Waals surface area (Å²) in [7, 11) is 1.82. The Kier molecular flexibility index (Phi) is 6.60. The zero-order valence-corrected chi connectivity index (χ0v) is 20.8. The Balaban J connectivity index is 1.46. The van der Waals surface area contributed by atoms with Crippen molar-refractivity contribution in [2.45, 2.75) is 64.7 Å². The summed E-state index contributed by atoms with van der Waals surface area (Å²) >= 11 is 0. The van der Waals surface area contributed by atoms with Crippen LogP contribution >= 0.6 is 0 Å². The molecule has 0 saturated heterocycles. The van der Waals surface area contributed by atoms with E-state index in [1.165, 1.54) is 0 Å². The molecular formula is C28H34N4O3. The molecule has 2 amide bonds. The van der Waals surface area contributed by atoms with Crippen LogP contribution in [0.4, 0.5) is 17.2 Å². The van der Waals surface area contributed by atoms with Gasteiger partial charge in [0.25, 0.3) is 0 Å². The lowest BCUT2D eigenvalue weighted by Gasteiger charge is -2.33. The molecule has 5 rings (SSSR count). The second kappa shape index (κ2) is 9.82. The normalized spacial score (nSPS) is 22.2. The number of rotatable bonds is 4. The molecule has 1 aromatic carbocycles. The number of amides is 2. The molecule has 2 aliphatic heterocycles. The van der Waals surface area contributed by atoms with E-state index in [0.717, 1.165) is 59.6 Å². The Hall–Kier alpha value is -3.19. The van der Waals surface area contributed by atoms with E-state index >= 15 is 0 Å². The minimum atomic E-state index is -0.0270. The number of nitrogens with one attached hydrogen (secondary N) is 1. The maximum atomic E-state index is 14.0. The number of likely N-dealkylation sites (N-methyl/N-ethyl adjacent to an activating group) is 1. The summed E-state index contributed by atoms with van der Waals surface area (Å²) in [5.74, 6) is 1.01. The van der Waals surface area contributed by atoms with Gasteiger partial charge in [-0.2, -0.15) is 0 Å². The number of carbonyl (C=O) groups excluding carboxylic acids is 2. The first-order valence-electron chi connectivity index (χ1n) is 12.6. The van der Waals surface area contributed by atoms with Gasteiger partial charge in [-0.25, -0.2) is 4.98 Å². The molecule has 0 unspecified atom stereocenters. The van der Waals surface area contributed by atoms with Crippen LogP contribution in [0.1, 0.15) is 57.1 Å². The minimum absolute atomic E-state index is 0.0270. The monoisotopic (exact) mass is 474 g/mol. The fourth-order valence-electron chi connectivity index (χ4n) is 5.31. The quantitative estimate of drug-likeness (QED) is 0.682. The van der Waals surface area contributed by atoms with E-state index in [1.54, 1.807) is 11.1 Å². The molecule has 0 atom stereocenters. The van der Waals surface area contributed by atoms with Gasteiger partial charge in [0.15, 0.2) is 0 Å². The largest absolute Gasteiger partial charge is 0.376 e. The van der Waals surface area contributed by atoms with Crippen LogP contribution in [0.15, 0.2) is 42.6 Å². The summed E-state index contributed by atoms with van der Waals surface area (Å²) in [6.45, 7) is 5.20. The Bertz CT molecular complexity index is 1150. The van der Waals surface area contributed by atoms with Gasteiger partial charge in [-0.3, -0.25) is 9.59 Å². The Morgan fingerprint density at radius 2 is 1.97 bits per heavy atom. The van der Waals surface area contributed by atoms with Crippen molar-refractivity contribution in [1.82, 2.24) is 9.88 Å². The number of benzene rings is 1. The van der Waals surface area contributed by atoms with Crippen LogP contribution in [-0.2, 0) is 20.9 Å². The van der Waals surface area contributed by atoms with Gasteiger partial charge in [0, 0.05) is 31.3 Å². The van der Waals surface area contributed by atoms with Crippen molar-refractivity contribution in [2.24, 2.45) is 5.92 Å². The van der Waals surface area contributed by atoms with Gasteiger partial charge in [-0.15, -0.1) is 0 Å². The summed E-state index contributed by atoms with van der Waals surface area (Å²) in [5, 5.41) is 3.45. The van der Waals surface area contributed by atoms with Gasteiger partial charge in [0.2, 0.25) is 11.8 Å². The molecule has 1 aliphatic carbocycles. The number of fused-ring (bicyclic) bond motifs is 2. The third kappa shape index (κ3) is 4.96. The molecular weight excluding hydrogens is 440 g/mol. The van der Waals surface area contributed by atoms with Crippen LogP contribution in [0.3, 0.4) is 0 Å². The number of carbonyl (C=O) groups is 2. The lowest BCUT2D eigenvalue weighted by molar-refractivity contribution is -0.128. The van der Waals surface area contributed by atoms with Gasteiger partial charge in [0.1, 0.15) is 5.82 Å². The van der Waals surface area contributed by atoms with Gasteiger partial charge >= 0.3 is 0 Å². The number of aromatic nitrogens is 1. The van der Waals surface area contributed by atoms with Gasteiger partial charge < -0.3 is 19.9 Å².